The number of aromatic nitrogens is 1. The lowest BCUT2D eigenvalue weighted by atomic mass is 9.96. The third-order valence-electron chi connectivity index (χ3n) is 4.64. The van der Waals surface area contributed by atoms with Crippen LogP contribution in [0.5, 0.6) is 11.6 Å². The number of carbonyl (C=O) groups excluding carboxylic acids is 1. The molecule has 3 rings (SSSR count). The first kappa shape index (κ1) is 20.2. The van der Waals surface area contributed by atoms with E-state index < -0.39 is 0 Å². The van der Waals surface area contributed by atoms with Gasteiger partial charge in [0.05, 0.1) is 0 Å². The number of nitroso groups, excluding NO2 is 1. The van der Waals surface area contributed by atoms with Crippen molar-refractivity contribution in [2.24, 2.45) is 5.18 Å². The fourth-order valence-electron chi connectivity index (χ4n) is 3.03. The van der Waals surface area contributed by atoms with Gasteiger partial charge in [0.15, 0.2) is 0 Å². The number of aldehydes is 1. The summed E-state index contributed by atoms with van der Waals surface area (Å²) >= 11 is 0. The largest absolute Gasteiger partial charge is 0.489 e. The molecule has 0 N–H and O–H groups in total. The van der Waals surface area contributed by atoms with E-state index in [-0.39, 0.29) is 13.2 Å². The lowest BCUT2D eigenvalue weighted by Gasteiger charge is -2.15. The molecule has 0 fully saturated rings. The van der Waals surface area contributed by atoms with Gasteiger partial charge in [0.2, 0.25) is 5.88 Å². The Hall–Kier alpha value is -3.54. The molecule has 0 amide bonds. The van der Waals surface area contributed by atoms with E-state index >= 15 is 0 Å². The number of ether oxygens (including phenoxy) is 2. The number of benzene rings is 2. The number of nitrogens with zero attached hydrogens (tertiary/aromatic N) is 2. The number of hydrogen-bond acceptors (Lipinski definition) is 6. The van der Waals surface area contributed by atoms with Gasteiger partial charge in [0, 0.05) is 22.9 Å². The third kappa shape index (κ3) is 5.04. The van der Waals surface area contributed by atoms with Crippen LogP contribution in [-0.4, -0.2) is 24.4 Å². The van der Waals surface area contributed by atoms with Crippen LogP contribution >= 0.6 is 0 Å². The van der Waals surface area contributed by atoms with Crippen LogP contribution in [0.3, 0.4) is 0 Å². The number of pyridine rings is 1. The summed E-state index contributed by atoms with van der Waals surface area (Å²) < 4.78 is 11.3. The van der Waals surface area contributed by atoms with Gasteiger partial charge in [-0.25, -0.2) is 4.98 Å². The van der Waals surface area contributed by atoms with Crippen molar-refractivity contribution in [1.29, 1.82) is 0 Å². The topological polar surface area (TPSA) is 77.8 Å². The maximum atomic E-state index is 10.8. The molecule has 0 aliphatic carbocycles. The van der Waals surface area contributed by atoms with Gasteiger partial charge >= 0.3 is 0 Å². The summed E-state index contributed by atoms with van der Waals surface area (Å²) in [5.74, 6) is 1.19. The molecular weight excluding hydrogens is 368 g/mol. The number of carbonyl (C=O) groups is 1. The first-order valence-corrected chi connectivity index (χ1v) is 9.29. The van der Waals surface area contributed by atoms with E-state index in [1.165, 1.54) is 0 Å². The molecule has 6 heteroatoms. The predicted octanol–water partition coefficient (Wildman–Crippen LogP) is 4.90. The molecule has 0 aliphatic rings. The first-order valence-electron chi connectivity index (χ1n) is 9.29. The predicted molar refractivity (Wildman–Crippen MR) is 111 cm³/mol. The molecule has 0 bridgehead atoms. The van der Waals surface area contributed by atoms with Crippen molar-refractivity contribution < 1.29 is 14.3 Å². The lowest BCUT2D eigenvalue weighted by molar-refractivity contribution is 0.112. The second-order valence-electron chi connectivity index (χ2n) is 6.55. The Bertz CT molecular complexity index is 1000. The molecule has 2 aromatic carbocycles. The van der Waals surface area contributed by atoms with Crippen LogP contribution in [0.4, 0.5) is 0 Å². The molecule has 1 aromatic heterocycles. The minimum Gasteiger partial charge on any atom is -0.489 e. The van der Waals surface area contributed by atoms with Crippen molar-refractivity contribution in [3.05, 3.63) is 81.9 Å². The van der Waals surface area contributed by atoms with Crippen LogP contribution in [0.2, 0.25) is 0 Å². The average molecular weight is 390 g/mol. The summed E-state index contributed by atoms with van der Waals surface area (Å²) in [6.45, 7) is 4.73. The molecule has 3 aromatic rings. The van der Waals surface area contributed by atoms with E-state index in [1.807, 2.05) is 25.1 Å². The van der Waals surface area contributed by atoms with Crippen LogP contribution in [0.25, 0.3) is 11.1 Å². The molecule has 0 saturated heterocycles. The molecule has 0 atom stereocenters. The molecule has 0 unspecified atom stereocenters. The van der Waals surface area contributed by atoms with Crippen molar-refractivity contribution in [3.63, 3.8) is 0 Å². The second kappa shape index (κ2) is 9.59. The highest BCUT2D eigenvalue weighted by Gasteiger charge is 2.11. The zero-order valence-electron chi connectivity index (χ0n) is 16.4. The van der Waals surface area contributed by atoms with E-state index in [4.69, 9.17) is 9.47 Å². The standard InChI is InChI=1S/C23H22N2O4/c1-16-19(15-29-20-8-6-18(14-26)7-9-20)4-3-5-21(16)22-10-11-23(25-17(22)2)28-13-12-24-27/h3-11,14H,12-13,15H2,1-2H3. The molecule has 29 heavy (non-hydrogen) atoms. The minimum atomic E-state index is 0.0987. The SMILES string of the molecule is Cc1nc(OCCN=O)ccc1-c1cccc(COc2ccc(C=O)cc2)c1C. The third-order valence-corrected chi connectivity index (χ3v) is 4.64. The Kier molecular flexibility index (Phi) is 6.68. The fraction of sp³-hybridized carbons (Fsp3) is 0.217. The van der Waals surface area contributed by atoms with Crippen molar-refractivity contribution in [3.8, 4) is 22.8 Å². The summed E-state index contributed by atoms with van der Waals surface area (Å²) in [6, 6.07) is 16.9. The fourth-order valence-corrected chi connectivity index (χ4v) is 3.03. The maximum Gasteiger partial charge on any atom is 0.213 e. The Balaban J connectivity index is 1.77. The Morgan fingerprint density at radius 3 is 2.45 bits per heavy atom. The van der Waals surface area contributed by atoms with Crippen LogP contribution in [0.15, 0.2) is 59.8 Å². The maximum absolute atomic E-state index is 10.8. The van der Waals surface area contributed by atoms with Gasteiger partial charge in [-0.3, -0.25) is 4.79 Å². The molecule has 0 radical (unpaired) electrons. The Morgan fingerprint density at radius 1 is 0.966 bits per heavy atom. The number of aryl methyl sites for hydroxylation is 1. The summed E-state index contributed by atoms with van der Waals surface area (Å²) in [7, 11) is 0. The highest BCUT2D eigenvalue weighted by molar-refractivity contribution is 5.74. The van der Waals surface area contributed by atoms with Gasteiger partial charge in [0.1, 0.15) is 31.8 Å². The lowest BCUT2D eigenvalue weighted by Crippen LogP contribution is -2.03. The normalized spacial score (nSPS) is 10.4. The van der Waals surface area contributed by atoms with Gasteiger partial charge in [-0.15, -0.1) is 0 Å². The molecule has 0 aliphatic heterocycles. The van der Waals surface area contributed by atoms with E-state index in [0.717, 1.165) is 34.2 Å². The van der Waals surface area contributed by atoms with Gasteiger partial charge in [-0.2, -0.15) is 4.91 Å². The molecule has 1 heterocycles. The molecule has 0 spiro atoms. The van der Waals surface area contributed by atoms with Crippen molar-refractivity contribution in [2.75, 3.05) is 13.2 Å². The molecule has 0 saturated carbocycles. The zero-order valence-corrected chi connectivity index (χ0v) is 16.4. The Labute approximate surface area is 169 Å². The summed E-state index contributed by atoms with van der Waals surface area (Å²) in [5, 5.41) is 2.78. The summed E-state index contributed by atoms with van der Waals surface area (Å²) in [5.41, 5.74) is 5.73. The summed E-state index contributed by atoms with van der Waals surface area (Å²) in [4.78, 5) is 25.4. The van der Waals surface area contributed by atoms with Crippen molar-refractivity contribution in [2.45, 2.75) is 20.5 Å². The van der Waals surface area contributed by atoms with Crippen molar-refractivity contribution in [1.82, 2.24) is 4.98 Å². The van der Waals surface area contributed by atoms with E-state index in [1.54, 1.807) is 30.3 Å². The van der Waals surface area contributed by atoms with E-state index in [2.05, 4.69) is 23.2 Å². The molecule has 148 valence electrons. The quantitative estimate of drug-likeness (QED) is 0.295. The molecular formula is C23H22N2O4. The molecule has 6 nitrogen and oxygen atoms in total. The highest BCUT2D eigenvalue weighted by Crippen LogP contribution is 2.29. The smallest absolute Gasteiger partial charge is 0.213 e. The Morgan fingerprint density at radius 2 is 1.76 bits per heavy atom. The van der Waals surface area contributed by atoms with E-state index in [9.17, 15) is 9.70 Å². The average Bonchev–Trinajstić information content (AvgIpc) is 2.74. The van der Waals surface area contributed by atoms with Crippen molar-refractivity contribution >= 4 is 6.29 Å². The van der Waals surface area contributed by atoms with Gasteiger partial charge in [-0.05, 0) is 60.9 Å². The first-order chi connectivity index (χ1) is 14.1. The monoisotopic (exact) mass is 390 g/mol. The van der Waals surface area contributed by atoms with Crippen LogP contribution in [0.1, 0.15) is 27.2 Å². The summed E-state index contributed by atoms with van der Waals surface area (Å²) in [6.07, 6.45) is 0.809. The van der Waals surface area contributed by atoms with Crippen LogP contribution in [0, 0.1) is 18.8 Å². The highest BCUT2D eigenvalue weighted by atomic mass is 16.5. The van der Waals surface area contributed by atoms with Gasteiger partial charge in [-0.1, -0.05) is 23.4 Å². The van der Waals surface area contributed by atoms with Crippen LogP contribution < -0.4 is 9.47 Å². The van der Waals surface area contributed by atoms with Gasteiger partial charge < -0.3 is 9.47 Å². The minimum absolute atomic E-state index is 0.0987. The second-order valence-corrected chi connectivity index (χ2v) is 6.55. The van der Waals surface area contributed by atoms with E-state index in [0.29, 0.717) is 23.8 Å². The van der Waals surface area contributed by atoms with Gasteiger partial charge in [0.25, 0.3) is 0 Å². The zero-order chi connectivity index (χ0) is 20.6. The number of rotatable bonds is 9. The number of hydrogen-bond donors (Lipinski definition) is 0. The van der Waals surface area contributed by atoms with Crippen LogP contribution in [-0.2, 0) is 6.61 Å².